The zero-order chi connectivity index (χ0) is 42.3. The van der Waals surface area contributed by atoms with Crippen LogP contribution < -0.4 is 19.1 Å². The number of sulfonamides is 1. The van der Waals surface area contributed by atoms with Crippen LogP contribution in [0.1, 0.15) is 92.4 Å². The first-order chi connectivity index (χ1) is 28.0. The maximum atomic E-state index is 15.0. The Labute approximate surface area is 347 Å². The molecule has 2 aliphatic carbocycles. The highest BCUT2D eigenvalue weighted by molar-refractivity contribution is 7.90. The Balaban J connectivity index is 1.24. The molecule has 2 saturated carbocycles. The normalized spacial score (nSPS) is 30.1. The molecule has 2 aromatic rings. The fourth-order valence-electron chi connectivity index (χ4n) is 9.07. The molecule has 1 aromatic heterocycles. The quantitative estimate of drug-likeness (QED) is 0.254. The summed E-state index contributed by atoms with van der Waals surface area (Å²) in [5, 5.41) is 0.973. The zero-order valence-electron chi connectivity index (χ0n) is 35.2. The minimum Gasteiger partial charge on any atom is -0.497 e. The van der Waals surface area contributed by atoms with Gasteiger partial charge in [-0.1, -0.05) is 26.0 Å². The van der Waals surface area contributed by atoms with Gasteiger partial charge in [0.05, 0.1) is 55.9 Å². The fourth-order valence-corrected chi connectivity index (χ4v) is 10.5. The van der Waals surface area contributed by atoms with E-state index in [2.05, 4.69) is 16.5 Å². The van der Waals surface area contributed by atoms with Crippen LogP contribution in [-0.4, -0.2) is 105 Å². The number of carbonyl (C=O) groups is 4. The van der Waals surface area contributed by atoms with Crippen LogP contribution in [0.5, 0.6) is 11.6 Å². The van der Waals surface area contributed by atoms with Crippen LogP contribution in [0, 0.1) is 29.1 Å². The van der Waals surface area contributed by atoms with E-state index in [1.807, 2.05) is 43.3 Å². The molecule has 7 rings (SSSR count). The smallest absolute Gasteiger partial charge is 0.307 e. The molecule has 0 unspecified atom stereocenters. The van der Waals surface area contributed by atoms with Gasteiger partial charge in [0.2, 0.25) is 27.7 Å². The van der Waals surface area contributed by atoms with Crippen molar-refractivity contribution in [2.75, 3.05) is 44.9 Å². The summed E-state index contributed by atoms with van der Waals surface area (Å²) >= 11 is 0. The summed E-state index contributed by atoms with van der Waals surface area (Å²) in [5.74, 6) is -1.28. The third-order valence-corrected chi connectivity index (χ3v) is 14.4. The van der Waals surface area contributed by atoms with E-state index in [0.29, 0.717) is 69.4 Å². The van der Waals surface area contributed by atoms with Crippen LogP contribution in [0.15, 0.2) is 36.4 Å². The van der Waals surface area contributed by atoms with E-state index < -0.39 is 56.2 Å². The van der Waals surface area contributed by atoms with Crippen molar-refractivity contribution in [2.24, 2.45) is 29.1 Å². The van der Waals surface area contributed by atoms with Crippen LogP contribution in [0.2, 0.25) is 0 Å². The van der Waals surface area contributed by atoms with E-state index >= 15 is 4.79 Å². The number of Topliss-reactive ketones (excluding diaryl/α,β-unsaturated/α-hetero) is 1. The zero-order valence-corrected chi connectivity index (χ0v) is 36.1. The van der Waals surface area contributed by atoms with E-state index in [-0.39, 0.29) is 55.3 Å². The molecule has 0 bridgehead atoms. The molecule has 15 heteroatoms. The average Bonchev–Trinajstić information content (AvgIpc) is 4.11. The standard InChI is InChI=1S/C44H60N4O10S/c1-27-9-7-8-10-30-24-44(30,42(52)46-59(53,54)33-12-13-33)25-37(49)36-22-32(26-48(36)41(51)35(28(2)19-27)23-39(50)58-43(3,4)5)57-40-34-14-11-31(55-6)20-29(34)21-38(45-40)47-15-17-56-18-16-47/h8,10-11,14,20-21,27-28,30,32-33,35-36H,7,9,12-13,15-19,22-26H2,1-6H3,(H,46,52)/b10-8-/t27-,28-,30-,32-,35+,36+,44-/m1/s1. The van der Waals surface area contributed by atoms with Crippen molar-refractivity contribution < 1.29 is 46.5 Å². The molecule has 3 aliphatic heterocycles. The van der Waals surface area contributed by atoms with Crippen molar-refractivity contribution in [1.29, 1.82) is 0 Å². The molecular weight excluding hydrogens is 777 g/mol. The number of hydrogen-bond donors (Lipinski definition) is 1. The number of ether oxygens (including phenoxy) is 4. The van der Waals surface area contributed by atoms with Crippen molar-refractivity contribution in [3.05, 3.63) is 36.4 Å². The number of esters is 1. The van der Waals surface area contributed by atoms with Gasteiger partial charge in [-0.25, -0.2) is 8.42 Å². The van der Waals surface area contributed by atoms with Gasteiger partial charge in [0.25, 0.3) is 0 Å². The molecule has 7 atom stereocenters. The highest BCUT2D eigenvalue weighted by atomic mass is 32.2. The largest absolute Gasteiger partial charge is 0.497 e. The van der Waals surface area contributed by atoms with Crippen LogP contribution >= 0.6 is 0 Å². The fraction of sp³-hybridized carbons (Fsp3) is 0.659. The van der Waals surface area contributed by atoms with Gasteiger partial charge in [0, 0.05) is 31.3 Å². The number of allylic oxidation sites excluding steroid dienone is 2. The number of methoxy groups -OCH3 is 1. The molecule has 1 aromatic carbocycles. The number of benzene rings is 1. The lowest BCUT2D eigenvalue weighted by Gasteiger charge is -2.32. The Morgan fingerprint density at radius 1 is 1.05 bits per heavy atom. The number of carbonyl (C=O) groups excluding carboxylic acids is 4. The molecule has 0 spiro atoms. The number of fused-ring (bicyclic) bond motifs is 3. The van der Waals surface area contributed by atoms with Gasteiger partial charge in [-0.3, -0.25) is 23.9 Å². The van der Waals surface area contributed by atoms with E-state index in [4.69, 9.17) is 23.9 Å². The summed E-state index contributed by atoms with van der Waals surface area (Å²) in [6, 6.07) is 6.61. The Bertz CT molecular complexity index is 2070. The molecule has 322 valence electrons. The van der Waals surface area contributed by atoms with Crippen molar-refractivity contribution in [3.8, 4) is 11.6 Å². The highest BCUT2D eigenvalue weighted by Gasteiger charge is 2.61. The summed E-state index contributed by atoms with van der Waals surface area (Å²) in [6.45, 7) is 11.9. The van der Waals surface area contributed by atoms with Crippen LogP contribution in [0.25, 0.3) is 10.8 Å². The summed E-state index contributed by atoms with van der Waals surface area (Å²) in [7, 11) is -2.26. The Morgan fingerprint density at radius 2 is 1.80 bits per heavy atom. The van der Waals surface area contributed by atoms with Crippen LogP contribution in [-0.2, 0) is 38.7 Å². The molecule has 2 amide bonds. The van der Waals surface area contributed by atoms with Gasteiger partial charge in [-0.15, -0.1) is 0 Å². The first-order valence-electron chi connectivity index (χ1n) is 21.2. The number of ketones is 1. The topological polar surface area (TPSA) is 171 Å². The van der Waals surface area contributed by atoms with E-state index in [9.17, 15) is 22.8 Å². The van der Waals surface area contributed by atoms with Gasteiger partial charge >= 0.3 is 5.97 Å². The number of anilines is 1. The first-order valence-corrected chi connectivity index (χ1v) is 22.8. The Kier molecular flexibility index (Phi) is 12.4. The van der Waals surface area contributed by atoms with Gasteiger partial charge in [0.15, 0.2) is 5.78 Å². The van der Waals surface area contributed by atoms with Gasteiger partial charge in [0.1, 0.15) is 23.3 Å². The number of amides is 2. The lowest BCUT2D eigenvalue weighted by molar-refractivity contribution is -0.160. The summed E-state index contributed by atoms with van der Waals surface area (Å²) < 4.78 is 51.9. The van der Waals surface area contributed by atoms with Crippen molar-refractivity contribution in [1.82, 2.24) is 14.6 Å². The van der Waals surface area contributed by atoms with Crippen LogP contribution in [0.3, 0.4) is 0 Å². The molecule has 4 heterocycles. The number of pyridine rings is 1. The van der Waals surface area contributed by atoms with Crippen molar-refractivity contribution in [2.45, 2.75) is 115 Å². The summed E-state index contributed by atoms with van der Waals surface area (Å²) in [4.78, 5) is 65.9. The molecule has 14 nitrogen and oxygen atoms in total. The summed E-state index contributed by atoms with van der Waals surface area (Å²) in [6.07, 6.45) is 6.53. The highest BCUT2D eigenvalue weighted by Crippen LogP contribution is 2.57. The predicted octanol–water partition coefficient (Wildman–Crippen LogP) is 5.36. The lowest BCUT2D eigenvalue weighted by atomic mass is 9.82. The number of nitrogens with one attached hydrogen (secondary N) is 1. The van der Waals surface area contributed by atoms with E-state index in [1.165, 1.54) is 0 Å². The van der Waals surface area contributed by atoms with Gasteiger partial charge in [-0.2, -0.15) is 4.98 Å². The minimum atomic E-state index is -3.87. The predicted molar refractivity (Wildman–Crippen MR) is 221 cm³/mol. The molecule has 59 heavy (non-hydrogen) atoms. The van der Waals surface area contributed by atoms with E-state index in [0.717, 1.165) is 23.6 Å². The molecule has 0 radical (unpaired) electrons. The second kappa shape index (κ2) is 17.0. The molecular formula is C44H60N4O10S. The number of aromatic nitrogens is 1. The molecule has 5 aliphatic rings. The lowest BCUT2D eigenvalue weighted by Crippen LogP contribution is -2.47. The molecule has 4 fully saturated rings. The SMILES string of the molecule is COc1ccc2c(O[C@@H]3C[C@H]4C(=O)C[C@]5(C(=O)NS(=O)(=O)C6CC6)C[C@H]5/C=C\CC[C@@H](C)C[C@@H](C)[C@H](CC(=O)OC(C)(C)C)C(=O)N4C3)nc(N3CCOCC3)cc2c1. The van der Waals surface area contributed by atoms with Crippen LogP contribution in [0.4, 0.5) is 5.82 Å². The third-order valence-electron chi connectivity index (χ3n) is 12.6. The van der Waals surface area contributed by atoms with Crippen molar-refractivity contribution in [3.63, 3.8) is 0 Å². The Morgan fingerprint density at radius 3 is 2.49 bits per heavy atom. The number of hydrogen-bond acceptors (Lipinski definition) is 12. The minimum absolute atomic E-state index is 0.0437. The number of nitrogens with zero attached hydrogens (tertiary/aromatic N) is 3. The second-order valence-electron chi connectivity index (χ2n) is 18.5. The molecule has 2 saturated heterocycles. The third kappa shape index (κ3) is 9.88. The maximum Gasteiger partial charge on any atom is 0.307 e. The van der Waals surface area contributed by atoms with E-state index in [1.54, 1.807) is 32.8 Å². The van der Waals surface area contributed by atoms with Crippen molar-refractivity contribution >= 4 is 50.2 Å². The number of morpholine rings is 1. The average molecular weight is 837 g/mol. The Hall–Kier alpha value is -4.24. The van der Waals surface area contributed by atoms with Gasteiger partial charge in [-0.05, 0) is 107 Å². The molecule has 1 N–H and O–H groups in total. The second-order valence-corrected chi connectivity index (χ2v) is 20.4. The van der Waals surface area contributed by atoms with Gasteiger partial charge < -0.3 is 28.7 Å². The maximum absolute atomic E-state index is 15.0. The number of rotatable bonds is 9. The summed E-state index contributed by atoms with van der Waals surface area (Å²) in [5.41, 5.74) is -2.02. The monoisotopic (exact) mass is 836 g/mol. The first kappa shape index (κ1) is 42.9.